The monoisotopic (exact) mass is 311 g/mol. The molecule has 0 saturated carbocycles. The Hall–Kier alpha value is -3.27. The second kappa shape index (κ2) is 5.85. The largest absolute Gasteiger partial charge is 0.338 e. The molecule has 0 amide bonds. The number of nitrogens with zero attached hydrogens (tertiary/aromatic N) is 4. The first-order valence-electron chi connectivity index (χ1n) is 6.72. The Balaban J connectivity index is 2.00. The first kappa shape index (κ1) is 14.7. The second-order valence-corrected chi connectivity index (χ2v) is 4.86. The van der Waals surface area contributed by atoms with E-state index in [4.69, 9.17) is 5.26 Å². The summed E-state index contributed by atoms with van der Waals surface area (Å²) in [4.78, 5) is 4.30. The van der Waals surface area contributed by atoms with Gasteiger partial charge in [0.1, 0.15) is 17.5 Å². The van der Waals surface area contributed by atoms with E-state index in [1.165, 1.54) is 16.8 Å². The van der Waals surface area contributed by atoms with Crippen LogP contribution in [0, 0.1) is 29.9 Å². The van der Waals surface area contributed by atoms with Crippen LogP contribution in [0.4, 0.5) is 20.3 Å². The minimum Gasteiger partial charge on any atom is -0.338 e. The molecule has 0 fully saturated rings. The van der Waals surface area contributed by atoms with Gasteiger partial charge in [-0.3, -0.25) is 0 Å². The third-order valence-corrected chi connectivity index (χ3v) is 3.09. The summed E-state index contributed by atoms with van der Waals surface area (Å²) < 4.78 is 28.2. The van der Waals surface area contributed by atoms with Crippen LogP contribution in [-0.2, 0) is 0 Å². The zero-order chi connectivity index (χ0) is 16.4. The Morgan fingerprint density at radius 3 is 2.65 bits per heavy atom. The van der Waals surface area contributed by atoms with Gasteiger partial charge >= 0.3 is 0 Å². The lowest BCUT2D eigenvalue weighted by atomic mass is 10.2. The van der Waals surface area contributed by atoms with Gasteiger partial charge in [-0.15, -0.1) is 0 Å². The average Bonchev–Trinajstić information content (AvgIpc) is 2.96. The van der Waals surface area contributed by atoms with Crippen molar-refractivity contribution in [3.05, 3.63) is 65.5 Å². The number of aryl methyl sites for hydroxylation is 1. The van der Waals surface area contributed by atoms with E-state index in [9.17, 15) is 8.78 Å². The molecule has 1 aromatic carbocycles. The summed E-state index contributed by atoms with van der Waals surface area (Å²) >= 11 is 0. The highest BCUT2D eigenvalue weighted by Gasteiger charge is 2.09. The molecule has 0 atom stereocenters. The van der Waals surface area contributed by atoms with Gasteiger partial charge in [-0.1, -0.05) is 0 Å². The molecular formula is C16H11F2N5. The number of hydrogen-bond donors (Lipinski definition) is 1. The first-order valence-corrected chi connectivity index (χ1v) is 6.72. The van der Waals surface area contributed by atoms with Crippen LogP contribution in [0.2, 0.25) is 0 Å². The van der Waals surface area contributed by atoms with Gasteiger partial charge in [0.2, 0.25) is 0 Å². The van der Waals surface area contributed by atoms with Crippen molar-refractivity contribution < 1.29 is 8.78 Å². The minimum absolute atomic E-state index is 0.0663. The summed E-state index contributed by atoms with van der Waals surface area (Å²) in [6, 6.07) is 10.0. The number of nitriles is 1. The summed E-state index contributed by atoms with van der Waals surface area (Å²) in [5.74, 6) is -0.731. The smallest absolute Gasteiger partial charge is 0.157 e. The summed E-state index contributed by atoms with van der Waals surface area (Å²) in [5, 5.41) is 16.1. The number of benzene rings is 1. The van der Waals surface area contributed by atoms with Crippen molar-refractivity contribution in [3.8, 4) is 11.9 Å². The first-order chi connectivity index (χ1) is 11.0. The van der Waals surface area contributed by atoms with E-state index in [0.29, 0.717) is 11.4 Å². The molecule has 0 radical (unpaired) electrons. The van der Waals surface area contributed by atoms with E-state index >= 15 is 0 Å². The molecule has 0 bridgehead atoms. The fraction of sp³-hybridized carbons (Fsp3) is 0.0625. The molecule has 23 heavy (non-hydrogen) atoms. The van der Waals surface area contributed by atoms with Crippen LogP contribution < -0.4 is 5.32 Å². The molecule has 0 saturated heterocycles. The maximum atomic E-state index is 13.7. The lowest BCUT2D eigenvalue weighted by Crippen LogP contribution is -2.03. The van der Waals surface area contributed by atoms with Crippen molar-refractivity contribution in [2.45, 2.75) is 6.92 Å². The summed E-state index contributed by atoms with van der Waals surface area (Å²) in [6.07, 6.45) is 1.71. The minimum atomic E-state index is -0.745. The zero-order valence-electron chi connectivity index (χ0n) is 12.1. The predicted octanol–water partition coefficient (Wildman–Crippen LogP) is 3.47. The molecule has 3 rings (SSSR count). The van der Waals surface area contributed by atoms with E-state index in [-0.39, 0.29) is 11.5 Å². The van der Waals surface area contributed by atoms with E-state index in [1.807, 2.05) is 13.0 Å². The van der Waals surface area contributed by atoms with Crippen LogP contribution in [-0.4, -0.2) is 14.8 Å². The molecule has 0 aliphatic heterocycles. The van der Waals surface area contributed by atoms with Gasteiger partial charge in [0.05, 0.1) is 23.0 Å². The molecule has 3 aromatic rings. The summed E-state index contributed by atoms with van der Waals surface area (Å²) in [5.41, 5.74) is 1.21. The maximum Gasteiger partial charge on any atom is 0.157 e. The number of aromatic nitrogens is 3. The van der Waals surface area contributed by atoms with E-state index in [1.54, 1.807) is 18.3 Å². The van der Waals surface area contributed by atoms with Gasteiger partial charge in [0, 0.05) is 18.3 Å². The van der Waals surface area contributed by atoms with Gasteiger partial charge in [0.25, 0.3) is 0 Å². The van der Waals surface area contributed by atoms with Gasteiger partial charge in [0.15, 0.2) is 5.82 Å². The summed E-state index contributed by atoms with van der Waals surface area (Å²) in [6.45, 7) is 1.83. The Kier molecular flexibility index (Phi) is 3.73. The van der Waals surface area contributed by atoms with Crippen LogP contribution in [0.5, 0.6) is 0 Å². The fourth-order valence-electron chi connectivity index (χ4n) is 2.03. The topological polar surface area (TPSA) is 66.5 Å². The van der Waals surface area contributed by atoms with Gasteiger partial charge in [-0.2, -0.15) is 10.4 Å². The van der Waals surface area contributed by atoms with Crippen LogP contribution in [0.25, 0.3) is 5.82 Å². The van der Waals surface area contributed by atoms with Crippen LogP contribution in [0.1, 0.15) is 11.3 Å². The van der Waals surface area contributed by atoms with Crippen LogP contribution in [0.3, 0.4) is 0 Å². The maximum absolute atomic E-state index is 13.7. The van der Waals surface area contributed by atoms with Crippen molar-refractivity contribution in [2.24, 2.45) is 0 Å². The molecule has 5 nitrogen and oxygen atoms in total. The van der Waals surface area contributed by atoms with Gasteiger partial charge in [-0.05, 0) is 31.2 Å². The number of anilines is 2. The molecule has 7 heteroatoms. The second-order valence-electron chi connectivity index (χ2n) is 4.86. The normalized spacial score (nSPS) is 10.3. The fourth-order valence-corrected chi connectivity index (χ4v) is 2.03. The molecule has 2 heterocycles. The lowest BCUT2D eigenvalue weighted by molar-refractivity contribution is 0.586. The Morgan fingerprint density at radius 2 is 2.00 bits per heavy atom. The van der Waals surface area contributed by atoms with Crippen LogP contribution >= 0.6 is 0 Å². The third-order valence-electron chi connectivity index (χ3n) is 3.09. The van der Waals surface area contributed by atoms with Gasteiger partial charge < -0.3 is 5.32 Å². The number of rotatable bonds is 3. The number of nitrogens with one attached hydrogen (secondary N) is 1. The van der Waals surface area contributed by atoms with Crippen molar-refractivity contribution in [1.82, 2.24) is 14.8 Å². The molecule has 0 aliphatic carbocycles. The highest BCUT2D eigenvalue weighted by atomic mass is 19.1. The Bertz CT molecular complexity index is 911. The van der Waals surface area contributed by atoms with Crippen molar-refractivity contribution in [1.29, 1.82) is 5.26 Å². The lowest BCUT2D eigenvalue weighted by Gasteiger charge is -2.09. The average molecular weight is 311 g/mol. The standard InChI is InChI=1S/C16H11F2N5/c1-10-4-5-23(22-10)16-7-11(9-19)6-15(21-16)20-14-3-2-12(17)8-13(14)18/h2-8H,1H3,(H,20,21). The molecule has 0 aliphatic rings. The summed E-state index contributed by atoms with van der Waals surface area (Å²) in [7, 11) is 0. The molecule has 0 unspecified atom stereocenters. The molecular weight excluding hydrogens is 300 g/mol. The van der Waals surface area contributed by atoms with E-state index in [0.717, 1.165) is 17.8 Å². The van der Waals surface area contributed by atoms with E-state index in [2.05, 4.69) is 15.4 Å². The van der Waals surface area contributed by atoms with E-state index < -0.39 is 11.6 Å². The molecule has 0 spiro atoms. The van der Waals surface area contributed by atoms with Crippen molar-refractivity contribution in [3.63, 3.8) is 0 Å². The highest BCUT2D eigenvalue weighted by Crippen LogP contribution is 2.21. The Labute approximate surface area is 130 Å². The molecule has 2 aromatic heterocycles. The highest BCUT2D eigenvalue weighted by molar-refractivity contribution is 5.59. The van der Waals surface area contributed by atoms with Crippen molar-refractivity contribution >= 4 is 11.5 Å². The zero-order valence-corrected chi connectivity index (χ0v) is 12.1. The number of pyridine rings is 1. The predicted molar refractivity (Wildman–Crippen MR) is 80.5 cm³/mol. The number of halogens is 2. The van der Waals surface area contributed by atoms with Gasteiger partial charge in [-0.25, -0.2) is 18.4 Å². The molecule has 114 valence electrons. The number of hydrogen-bond acceptors (Lipinski definition) is 4. The van der Waals surface area contributed by atoms with Crippen molar-refractivity contribution in [2.75, 3.05) is 5.32 Å². The third kappa shape index (κ3) is 3.16. The molecule has 1 N–H and O–H groups in total. The quantitative estimate of drug-likeness (QED) is 0.804. The SMILES string of the molecule is Cc1ccn(-c2cc(C#N)cc(Nc3ccc(F)cc3F)n2)n1. The van der Waals surface area contributed by atoms with Crippen LogP contribution in [0.15, 0.2) is 42.6 Å². The Morgan fingerprint density at radius 1 is 1.17 bits per heavy atom.